The SMILES string of the molecule is Nc1c2ncnc-2ncn1[O]. The predicted octanol–water partition coefficient (Wildman–Crippen LogP) is -0.446. The second-order valence-corrected chi connectivity index (χ2v) is 2.00. The van der Waals surface area contributed by atoms with Gasteiger partial charge in [-0.1, -0.05) is 0 Å². The number of nitrogens with two attached hydrogens (primary N) is 1. The third-order valence-corrected chi connectivity index (χ3v) is 1.34. The molecule has 0 spiro atoms. The molecule has 6 nitrogen and oxygen atoms in total. The van der Waals surface area contributed by atoms with Crippen molar-refractivity contribution in [1.82, 2.24) is 19.7 Å². The van der Waals surface area contributed by atoms with Crippen LogP contribution >= 0.6 is 0 Å². The fourth-order valence-electron chi connectivity index (χ4n) is 0.809. The molecule has 0 amide bonds. The molecule has 0 unspecified atom stereocenters. The second kappa shape index (κ2) is 1.82. The molecule has 0 atom stereocenters. The molecule has 0 saturated carbocycles. The van der Waals surface area contributed by atoms with E-state index in [0.717, 1.165) is 6.33 Å². The number of rotatable bonds is 0. The smallest absolute Gasteiger partial charge is 0.185 e. The Morgan fingerprint density at radius 2 is 2.18 bits per heavy atom. The number of aromatic nitrogens is 4. The Morgan fingerprint density at radius 3 is 3.00 bits per heavy atom. The topological polar surface area (TPSA) is 89.5 Å². The lowest BCUT2D eigenvalue weighted by Crippen LogP contribution is -2.05. The average Bonchev–Trinajstić information content (AvgIpc) is 2.45. The Labute approximate surface area is 61.6 Å². The van der Waals surface area contributed by atoms with Crippen molar-refractivity contribution in [3.05, 3.63) is 12.7 Å². The van der Waals surface area contributed by atoms with Crippen molar-refractivity contribution in [2.45, 2.75) is 0 Å². The summed E-state index contributed by atoms with van der Waals surface area (Å²) >= 11 is 0. The van der Waals surface area contributed by atoms with Gasteiger partial charge in [0.05, 0.1) is 0 Å². The number of imidazole rings is 1. The van der Waals surface area contributed by atoms with Gasteiger partial charge in [-0.25, -0.2) is 15.0 Å². The van der Waals surface area contributed by atoms with Gasteiger partial charge in [0, 0.05) is 0 Å². The summed E-state index contributed by atoms with van der Waals surface area (Å²) in [6.45, 7) is 0. The molecule has 0 aromatic rings. The molecule has 2 rings (SSSR count). The average molecular weight is 150 g/mol. The molecule has 2 N–H and O–H groups in total. The van der Waals surface area contributed by atoms with E-state index < -0.39 is 0 Å². The van der Waals surface area contributed by atoms with E-state index in [-0.39, 0.29) is 5.82 Å². The van der Waals surface area contributed by atoms with Gasteiger partial charge in [0.25, 0.3) is 0 Å². The quantitative estimate of drug-likeness (QED) is 0.550. The molecule has 1 radical (unpaired) electrons. The highest BCUT2D eigenvalue weighted by Crippen LogP contribution is 2.19. The van der Waals surface area contributed by atoms with Crippen LogP contribution in [-0.2, 0) is 5.21 Å². The summed E-state index contributed by atoms with van der Waals surface area (Å²) in [6, 6.07) is 0. The van der Waals surface area contributed by atoms with Crippen LogP contribution in [0.2, 0.25) is 0 Å². The number of hydrogen-bond donors (Lipinski definition) is 1. The molecular weight excluding hydrogens is 146 g/mol. The molecule has 0 aromatic carbocycles. The van der Waals surface area contributed by atoms with Crippen LogP contribution in [0.15, 0.2) is 12.7 Å². The van der Waals surface area contributed by atoms with Crippen molar-refractivity contribution < 1.29 is 5.21 Å². The fourth-order valence-corrected chi connectivity index (χ4v) is 0.809. The van der Waals surface area contributed by atoms with E-state index in [9.17, 15) is 5.21 Å². The minimum Gasteiger partial charge on any atom is -0.380 e. The van der Waals surface area contributed by atoms with Gasteiger partial charge in [-0.05, 0) is 0 Å². The van der Waals surface area contributed by atoms with Crippen molar-refractivity contribution in [3.8, 4) is 11.5 Å². The third-order valence-electron chi connectivity index (χ3n) is 1.34. The molecule has 2 heterocycles. The Balaban J connectivity index is 2.81. The molecule has 11 heavy (non-hydrogen) atoms. The van der Waals surface area contributed by atoms with E-state index in [1.54, 1.807) is 0 Å². The maximum atomic E-state index is 10.8. The van der Waals surface area contributed by atoms with E-state index in [4.69, 9.17) is 5.73 Å². The van der Waals surface area contributed by atoms with Crippen LogP contribution in [0.4, 0.5) is 5.82 Å². The van der Waals surface area contributed by atoms with Crippen LogP contribution in [0.5, 0.6) is 0 Å². The van der Waals surface area contributed by atoms with Crippen molar-refractivity contribution in [2.75, 3.05) is 5.73 Å². The highest BCUT2D eigenvalue weighted by atomic mass is 16.5. The van der Waals surface area contributed by atoms with Gasteiger partial charge in [-0.2, -0.15) is 5.21 Å². The lowest BCUT2D eigenvalue weighted by Gasteiger charge is -1.99. The molecule has 2 aliphatic heterocycles. The maximum absolute atomic E-state index is 10.8. The first-order chi connectivity index (χ1) is 5.29. The van der Waals surface area contributed by atoms with Gasteiger partial charge in [0.1, 0.15) is 12.7 Å². The zero-order valence-corrected chi connectivity index (χ0v) is 5.43. The van der Waals surface area contributed by atoms with Gasteiger partial charge >= 0.3 is 0 Å². The summed E-state index contributed by atoms with van der Waals surface area (Å²) in [7, 11) is 0. The van der Waals surface area contributed by atoms with E-state index in [2.05, 4.69) is 15.0 Å². The molecule has 0 fully saturated rings. The van der Waals surface area contributed by atoms with Crippen LogP contribution in [0.1, 0.15) is 0 Å². The molecule has 0 aliphatic carbocycles. The third kappa shape index (κ3) is 0.689. The van der Waals surface area contributed by atoms with Gasteiger partial charge < -0.3 is 5.73 Å². The summed E-state index contributed by atoms with van der Waals surface area (Å²) < 4.78 is 0.455. The van der Waals surface area contributed by atoms with Crippen molar-refractivity contribution in [2.24, 2.45) is 0 Å². The van der Waals surface area contributed by atoms with Crippen LogP contribution in [0, 0.1) is 0 Å². The van der Waals surface area contributed by atoms with Gasteiger partial charge in [0.2, 0.25) is 0 Å². The first-order valence-electron chi connectivity index (χ1n) is 2.90. The molecule has 2 aliphatic rings. The van der Waals surface area contributed by atoms with Gasteiger partial charge in [-0.3, -0.25) is 0 Å². The Hall–Kier alpha value is -1.85. The van der Waals surface area contributed by atoms with E-state index in [1.165, 1.54) is 6.33 Å². The summed E-state index contributed by atoms with van der Waals surface area (Å²) in [5, 5.41) is 10.8. The number of nitrogen functional groups attached to an aromatic ring is 1. The molecule has 0 aromatic heterocycles. The summed E-state index contributed by atoms with van der Waals surface area (Å²) in [5.74, 6) is 0.433. The van der Waals surface area contributed by atoms with Gasteiger partial charge in [0.15, 0.2) is 17.3 Å². The minimum atomic E-state index is 0.0347. The Kier molecular flexibility index (Phi) is 0.974. The molecule has 0 bridgehead atoms. The zero-order valence-electron chi connectivity index (χ0n) is 5.43. The molecule has 0 saturated heterocycles. The first kappa shape index (κ1) is 5.90. The summed E-state index contributed by atoms with van der Waals surface area (Å²) in [4.78, 5) is 11.2. The standard InChI is InChI=1S/C5H4N5O/c6-4-3-5(8-1-7-3)9-2-10(4)11/h1-2H,6H2. The zero-order chi connectivity index (χ0) is 7.84. The van der Waals surface area contributed by atoms with E-state index in [1.807, 2.05) is 0 Å². The number of nitrogens with zero attached hydrogens (tertiary/aromatic N) is 4. The highest BCUT2D eigenvalue weighted by molar-refractivity contribution is 5.63. The van der Waals surface area contributed by atoms with Crippen LogP contribution in [0.25, 0.3) is 11.5 Å². The van der Waals surface area contributed by atoms with Crippen LogP contribution < -0.4 is 5.73 Å². The number of hydrogen-bond acceptors (Lipinski definition) is 4. The van der Waals surface area contributed by atoms with Crippen LogP contribution in [-0.4, -0.2) is 19.7 Å². The lowest BCUT2D eigenvalue weighted by molar-refractivity contribution is 0.0921. The fraction of sp³-hybridized carbons (Fsp3) is 0. The van der Waals surface area contributed by atoms with Crippen LogP contribution in [0.3, 0.4) is 0 Å². The maximum Gasteiger partial charge on any atom is 0.185 e. The largest absolute Gasteiger partial charge is 0.380 e. The second-order valence-electron chi connectivity index (χ2n) is 2.00. The number of anilines is 1. The normalized spacial score (nSPS) is 10.5. The molecular formula is C5H4N5O. The van der Waals surface area contributed by atoms with E-state index in [0.29, 0.717) is 16.2 Å². The molecule has 6 heteroatoms. The van der Waals surface area contributed by atoms with Gasteiger partial charge in [-0.15, -0.1) is 4.73 Å². The van der Waals surface area contributed by atoms with Crippen molar-refractivity contribution >= 4 is 5.82 Å². The highest BCUT2D eigenvalue weighted by Gasteiger charge is 2.13. The summed E-state index contributed by atoms with van der Waals surface area (Å²) in [5.41, 5.74) is 5.72. The van der Waals surface area contributed by atoms with Crippen molar-refractivity contribution in [3.63, 3.8) is 0 Å². The minimum absolute atomic E-state index is 0.0347. The first-order valence-corrected chi connectivity index (χ1v) is 2.90. The predicted molar refractivity (Wildman–Crippen MR) is 34.9 cm³/mol. The lowest BCUT2D eigenvalue weighted by atomic mass is 10.4. The Bertz CT molecular complexity index is 356. The Morgan fingerprint density at radius 1 is 1.36 bits per heavy atom. The monoisotopic (exact) mass is 150 g/mol. The van der Waals surface area contributed by atoms with Crippen molar-refractivity contribution in [1.29, 1.82) is 0 Å². The molecule has 55 valence electrons. The number of fused-ring (bicyclic) bond motifs is 1. The summed E-state index contributed by atoms with van der Waals surface area (Å²) in [6.07, 6.45) is 2.38. The van der Waals surface area contributed by atoms with E-state index >= 15 is 0 Å².